The molecule has 0 aromatic heterocycles. The monoisotopic (exact) mass is 141 g/mol. The van der Waals surface area contributed by atoms with Gasteiger partial charge >= 0.3 is 5.97 Å². The highest BCUT2D eigenvalue weighted by atomic mass is 16.4. The maximum absolute atomic E-state index is 10.1. The highest BCUT2D eigenvalue weighted by molar-refractivity contribution is 5.71. The molecule has 1 saturated heterocycles. The van der Waals surface area contributed by atoms with E-state index in [2.05, 4.69) is 12.8 Å². The minimum atomic E-state index is -0.664. The first-order valence-electron chi connectivity index (χ1n) is 2.95. The highest BCUT2D eigenvalue weighted by Gasteiger charge is 2.29. The van der Waals surface area contributed by atoms with Crippen LogP contribution in [0.25, 0.3) is 0 Å². The Bertz CT molecular complexity index is 136. The fourth-order valence-electron chi connectivity index (χ4n) is 0.855. The van der Waals surface area contributed by atoms with E-state index in [-0.39, 0.29) is 5.92 Å². The van der Waals surface area contributed by atoms with Gasteiger partial charge < -0.3 is 10.0 Å². The van der Waals surface area contributed by atoms with Crippen LogP contribution in [0.3, 0.4) is 0 Å². The van der Waals surface area contributed by atoms with Crippen LogP contribution < -0.4 is 0 Å². The molecule has 10 heavy (non-hydrogen) atoms. The van der Waals surface area contributed by atoms with Crippen molar-refractivity contribution in [2.24, 2.45) is 5.92 Å². The van der Waals surface area contributed by atoms with Crippen LogP contribution in [-0.4, -0.2) is 36.1 Å². The summed E-state index contributed by atoms with van der Waals surface area (Å²) in [7, 11) is 1.92. The Morgan fingerprint density at radius 3 is 2.10 bits per heavy atom. The lowest BCUT2D eigenvalue weighted by molar-refractivity contribution is -0.146. The summed E-state index contributed by atoms with van der Waals surface area (Å²) in [6.45, 7) is 1.44. The standard InChI is InChI=1S/C5H9NO2.C2H2/c1-6-2-4(3-6)5(7)8;1-2/h4H,2-3H2,1H3,(H,7,8);1-2H. The van der Waals surface area contributed by atoms with Gasteiger partial charge in [0.05, 0.1) is 5.92 Å². The third-order valence-electron chi connectivity index (χ3n) is 1.41. The third-order valence-corrected chi connectivity index (χ3v) is 1.41. The number of aliphatic carboxylic acids is 1. The zero-order valence-corrected chi connectivity index (χ0v) is 5.95. The van der Waals surface area contributed by atoms with Gasteiger partial charge in [-0.1, -0.05) is 0 Å². The summed E-state index contributed by atoms with van der Waals surface area (Å²) < 4.78 is 0. The van der Waals surface area contributed by atoms with E-state index in [9.17, 15) is 4.79 Å². The molecule has 1 rings (SSSR count). The van der Waals surface area contributed by atoms with Crippen LogP contribution in [0.5, 0.6) is 0 Å². The molecule has 0 bridgehead atoms. The van der Waals surface area contributed by atoms with E-state index in [0.29, 0.717) is 0 Å². The van der Waals surface area contributed by atoms with Crippen molar-refractivity contribution in [2.45, 2.75) is 0 Å². The minimum absolute atomic E-state index is 0.0972. The Kier molecular flexibility index (Phi) is 3.52. The lowest BCUT2D eigenvalue weighted by Crippen LogP contribution is -2.47. The van der Waals surface area contributed by atoms with Gasteiger partial charge in [-0.05, 0) is 7.05 Å². The number of nitrogens with zero attached hydrogens (tertiary/aromatic N) is 1. The van der Waals surface area contributed by atoms with Crippen LogP contribution in [0.15, 0.2) is 0 Å². The number of terminal acetylenes is 1. The van der Waals surface area contributed by atoms with Crippen molar-refractivity contribution in [2.75, 3.05) is 20.1 Å². The van der Waals surface area contributed by atoms with Gasteiger partial charge in [0, 0.05) is 13.1 Å². The van der Waals surface area contributed by atoms with Gasteiger partial charge in [-0.3, -0.25) is 4.79 Å². The Morgan fingerprint density at radius 1 is 1.60 bits per heavy atom. The number of carboxylic acid groups (broad SMARTS) is 1. The first kappa shape index (κ1) is 8.99. The summed E-state index contributed by atoms with van der Waals surface area (Å²) in [5.74, 6) is -0.761. The van der Waals surface area contributed by atoms with Crippen LogP contribution in [0.1, 0.15) is 0 Å². The SMILES string of the molecule is C#C.CN1CC(C(=O)O)C1. The van der Waals surface area contributed by atoms with Crippen LogP contribution in [0, 0.1) is 18.8 Å². The van der Waals surface area contributed by atoms with Crippen LogP contribution >= 0.6 is 0 Å². The second-order valence-electron chi connectivity index (χ2n) is 2.26. The fraction of sp³-hybridized carbons (Fsp3) is 0.571. The van der Waals surface area contributed by atoms with E-state index in [1.165, 1.54) is 0 Å². The molecule has 0 aromatic rings. The van der Waals surface area contributed by atoms with E-state index in [0.717, 1.165) is 13.1 Å². The summed E-state index contributed by atoms with van der Waals surface area (Å²) in [4.78, 5) is 12.1. The molecule has 0 aliphatic carbocycles. The largest absolute Gasteiger partial charge is 0.481 e. The van der Waals surface area contributed by atoms with Gasteiger partial charge in [-0.15, -0.1) is 12.8 Å². The molecular formula is C7H11NO2. The predicted octanol–water partition coefficient (Wildman–Crippen LogP) is -0.118. The van der Waals surface area contributed by atoms with E-state index >= 15 is 0 Å². The predicted molar refractivity (Wildman–Crippen MR) is 38.5 cm³/mol. The molecule has 1 N–H and O–H groups in total. The summed E-state index contributed by atoms with van der Waals surface area (Å²) in [5.41, 5.74) is 0. The summed E-state index contributed by atoms with van der Waals surface area (Å²) in [5, 5.41) is 8.32. The fourth-order valence-corrected chi connectivity index (χ4v) is 0.855. The zero-order chi connectivity index (χ0) is 8.15. The van der Waals surface area contributed by atoms with Gasteiger partial charge in [0.15, 0.2) is 0 Å². The normalized spacial score (nSPS) is 18.3. The number of hydrogen-bond acceptors (Lipinski definition) is 2. The molecule has 0 amide bonds. The highest BCUT2D eigenvalue weighted by Crippen LogP contribution is 2.11. The Labute approximate surface area is 60.6 Å². The average Bonchev–Trinajstić information content (AvgIpc) is 1.86. The molecule has 1 aliphatic rings. The number of carboxylic acids is 1. The molecule has 3 heteroatoms. The number of hydrogen-bond donors (Lipinski definition) is 1. The minimum Gasteiger partial charge on any atom is -0.481 e. The number of likely N-dealkylation sites (tertiary alicyclic amines) is 1. The molecule has 3 nitrogen and oxygen atoms in total. The maximum atomic E-state index is 10.1. The van der Waals surface area contributed by atoms with Gasteiger partial charge in [0.2, 0.25) is 0 Å². The molecule has 0 saturated carbocycles. The molecule has 1 heterocycles. The lowest BCUT2D eigenvalue weighted by Gasteiger charge is -2.32. The molecule has 0 radical (unpaired) electrons. The summed E-state index contributed by atoms with van der Waals surface area (Å²) in [6.07, 6.45) is 8.00. The second kappa shape index (κ2) is 3.91. The van der Waals surface area contributed by atoms with E-state index < -0.39 is 5.97 Å². The first-order chi connectivity index (χ1) is 4.70. The topological polar surface area (TPSA) is 40.5 Å². The molecule has 56 valence electrons. The van der Waals surface area contributed by atoms with Crippen molar-refractivity contribution in [1.82, 2.24) is 4.90 Å². The van der Waals surface area contributed by atoms with E-state index in [1.54, 1.807) is 0 Å². The zero-order valence-electron chi connectivity index (χ0n) is 5.95. The number of carbonyl (C=O) groups is 1. The van der Waals surface area contributed by atoms with Gasteiger partial charge in [-0.2, -0.15) is 0 Å². The Morgan fingerprint density at radius 2 is 2.00 bits per heavy atom. The van der Waals surface area contributed by atoms with Gasteiger partial charge in [0.25, 0.3) is 0 Å². The van der Waals surface area contributed by atoms with Gasteiger partial charge in [-0.25, -0.2) is 0 Å². The maximum Gasteiger partial charge on any atom is 0.309 e. The number of rotatable bonds is 1. The molecule has 0 aromatic carbocycles. The first-order valence-corrected chi connectivity index (χ1v) is 2.95. The quantitative estimate of drug-likeness (QED) is 0.518. The van der Waals surface area contributed by atoms with Crippen molar-refractivity contribution in [1.29, 1.82) is 0 Å². The molecule has 0 spiro atoms. The van der Waals surface area contributed by atoms with Crippen molar-refractivity contribution >= 4 is 5.97 Å². The summed E-state index contributed by atoms with van der Waals surface area (Å²) >= 11 is 0. The van der Waals surface area contributed by atoms with Crippen LogP contribution in [0.2, 0.25) is 0 Å². The van der Waals surface area contributed by atoms with Crippen molar-refractivity contribution in [3.05, 3.63) is 0 Å². The smallest absolute Gasteiger partial charge is 0.309 e. The molecule has 0 unspecified atom stereocenters. The summed E-state index contributed by atoms with van der Waals surface area (Å²) in [6, 6.07) is 0. The lowest BCUT2D eigenvalue weighted by atomic mass is 10.0. The van der Waals surface area contributed by atoms with Crippen molar-refractivity contribution in [3.8, 4) is 12.8 Å². The molecular weight excluding hydrogens is 130 g/mol. The van der Waals surface area contributed by atoms with Gasteiger partial charge in [0.1, 0.15) is 0 Å². The molecule has 1 fully saturated rings. The van der Waals surface area contributed by atoms with Crippen LogP contribution in [-0.2, 0) is 4.79 Å². The van der Waals surface area contributed by atoms with Crippen LogP contribution in [0.4, 0.5) is 0 Å². The van der Waals surface area contributed by atoms with Crippen molar-refractivity contribution < 1.29 is 9.90 Å². The van der Waals surface area contributed by atoms with E-state index in [4.69, 9.17) is 5.11 Å². The second-order valence-corrected chi connectivity index (χ2v) is 2.26. The van der Waals surface area contributed by atoms with Crippen molar-refractivity contribution in [3.63, 3.8) is 0 Å². The Balaban J connectivity index is 0.000000371. The Hall–Kier alpha value is -1.01. The third kappa shape index (κ3) is 2.08. The molecule has 1 aliphatic heterocycles. The molecule has 0 atom stereocenters. The average molecular weight is 141 g/mol. The van der Waals surface area contributed by atoms with E-state index in [1.807, 2.05) is 11.9 Å².